The predicted molar refractivity (Wildman–Crippen MR) is 71.9 cm³/mol. The Hall–Kier alpha value is -1.39. The molecule has 4 heteroatoms. The van der Waals surface area contributed by atoms with Gasteiger partial charge in [0, 0.05) is 12.5 Å². The number of nitrogens with two attached hydrogens (primary N) is 1. The Labute approximate surface area is 108 Å². The van der Waals surface area contributed by atoms with Gasteiger partial charge in [-0.05, 0) is 25.3 Å². The summed E-state index contributed by atoms with van der Waals surface area (Å²) < 4.78 is 0. The summed E-state index contributed by atoms with van der Waals surface area (Å²) in [5.41, 5.74) is 6.54. The lowest BCUT2D eigenvalue weighted by molar-refractivity contribution is -0.122. The van der Waals surface area contributed by atoms with Gasteiger partial charge in [-0.15, -0.1) is 0 Å². The fourth-order valence-electron chi connectivity index (χ4n) is 1.77. The van der Waals surface area contributed by atoms with Gasteiger partial charge in [0.25, 0.3) is 0 Å². The van der Waals surface area contributed by atoms with E-state index >= 15 is 0 Å². The molecule has 0 fully saturated rings. The lowest BCUT2D eigenvalue weighted by atomic mass is 10.1. The fourth-order valence-corrected chi connectivity index (χ4v) is 1.77. The quantitative estimate of drug-likeness (QED) is 0.684. The molecular formula is C14H22N2O2. The molecule has 100 valence electrons. The largest absolute Gasteiger partial charge is 0.394 e. The minimum absolute atomic E-state index is 0.0430. The van der Waals surface area contributed by atoms with Gasteiger partial charge in [0.1, 0.15) is 0 Å². The van der Waals surface area contributed by atoms with Crippen molar-refractivity contribution in [3.63, 3.8) is 0 Å². The Bertz CT molecular complexity index is 352. The first-order valence-corrected chi connectivity index (χ1v) is 6.34. The van der Waals surface area contributed by atoms with Crippen LogP contribution in [0.25, 0.3) is 0 Å². The third-order valence-corrected chi connectivity index (χ3v) is 2.78. The van der Waals surface area contributed by atoms with Crippen LogP contribution >= 0.6 is 0 Å². The van der Waals surface area contributed by atoms with Crippen LogP contribution in [0, 0.1) is 0 Å². The van der Waals surface area contributed by atoms with Crippen molar-refractivity contribution in [1.82, 2.24) is 5.32 Å². The highest BCUT2D eigenvalue weighted by Crippen LogP contribution is 2.12. The topological polar surface area (TPSA) is 75.4 Å². The molecule has 1 unspecified atom stereocenters. The molecule has 0 aromatic heterocycles. The van der Waals surface area contributed by atoms with Gasteiger partial charge in [0.05, 0.1) is 12.6 Å². The van der Waals surface area contributed by atoms with E-state index < -0.39 is 0 Å². The minimum atomic E-state index is -0.325. The fraction of sp³-hybridized carbons (Fsp3) is 0.500. The molecule has 0 radical (unpaired) electrons. The molecule has 0 spiro atoms. The summed E-state index contributed by atoms with van der Waals surface area (Å²) in [6, 6.07) is 9.27. The van der Waals surface area contributed by atoms with E-state index in [1.165, 1.54) is 0 Å². The molecule has 0 aliphatic carbocycles. The second kappa shape index (κ2) is 7.84. The number of rotatable bonds is 7. The number of amides is 1. The SMILES string of the molecule is CC(N)CCCC(=O)N[C@H](CO)c1ccccc1. The van der Waals surface area contributed by atoms with Gasteiger partial charge in [-0.25, -0.2) is 0 Å². The van der Waals surface area contributed by atoms with E-state index in [4.69, 9.17) is 5.73 Å². The van der Waals surface area contributed by atoms with Crippen molar-refractivity contribution in [2.75, 3.05) is 6.61 Å². The number of carbonyl (C=O) groups excluding carboxylic acids is 1. The van der Waals surface area contributed by atoms with Crippen molar-refractivity contribution < 1.29 is 9.90 Å². The summed E-state index contributed by atoms with van der Waals surface area (Å²) in [7, 11) is 0. The zero-order valence-corrected chi connectivity index (χ0v) is 10.8. The monoisotopic (exact) mass is 250 g/mol. The molecule has 0 heterocycles. The van der Waals surface area contributed by atoms with Gasteiger partial charge >= 0.3 is 0 Å². The number of carbonyl (C=O) groups is 1. The average Bonchev–Trinajstić information content (AvgIpc) is 2.36. The second-order valence-electron chi connectivity index (χ2n) is 4.58. The Kier molecular flexibility index (Phi) is 6.39. The van der Waals surface area contributed by atoms with Crippen molar-refractivity contribution in [3.05, 3.63) is 35.9 Å². The molecule has 4 N–H and O–H groups in total. The van der Waals surface area contributed by atoms with Crippen LogP contribution in [0.15, 0.2) is 30.3 Å². The maximum absolute atomic E-state index is 11.7. The highest BCUT2D eigenvalue weighted by molar-refractivity contribution is 5.76. The first-order chi connectivity index (χ1) is 8.63. The standard InChI is InChI=1S/C14H22N2O2/c1-11(15)6-5-9-14(18)16-13(10-17)12-7-3-2-4-8-12/h2-4,7-8,11,13,17H,5-6,9-10,15H2,1H3,(H,16,18)/t11?,13-/m1/s1. The van der Waals surface area contributed by atoms with E-state index in [1.807, 2.05) is 37.3 Å². The molecular weight excluding hydrogens is 228 g/mol. The van der Waals surface area contributed by atoms with Crippen molar-refractivity contribution in [2.45, 2.75) is 38.3 Å². The lowest BCUT2D eigenvalue weighted by Gasteiger charge is -2.16. The maximum atomic E-state index is 11.7. The molecule has 4 nitrogen and oxygen atoms in total. The van der Waals surface area contributed by atoms with Crippen molar-refractivity contribution in [3.8, 4) is 0 Å². The number of aliphatic hydroxyl groups excluding tert-OH is 1. The van der Waals surface area contributed by atoms with Crippen LogP contribution < -0.4 is 11.1 Å². The van der Waals surface area contributed by atoms with E-state index in [9.17, 15) is 9.90 Å². The molecule has 1 aromatic rings. The van der Waals surface area contributed by atoms with Crippen LogP contribution in [0.5, 0.6) is 0 Å². The Morgan fingerprint density at radius 2 is 2.06 bits per heavy atom. The van der Waals surface area contributed by atoms with E-state index in [2.05, 4.69) is 5.32 Å². The van der Waals surface area contributed by atoms with Gasteiger partial charge < -0.3 is 16.2 Å². The summed E-state index contributed by atoms with van der Waals surface area (Å²) in [5, 5.41) is 12.1. The summed E-state index contributed by atoms with van der Waals surface area (Å²) in [5.74, 6) is -0.0430. The summed E-state index contributed by atoms with van der Waals surface area (Å²) in [6.45, 7) is 1.83. The third-order valence-electron chi connectivity index (χ3n) is 2.78. The summed E-state index contributed by atoms with van der Waals surface area (Å²) in [4.78, 5) is 11.7. The van der Waals surface area contributed by atoms with Crippen molar-refractivity contribution in [2.24, 2.45) is 5.73 Å². The zero-order chi connectivity index (χ0) is 13.4. The van der Waals surface area contributed by atoms with Gasteiger partial charge in [-0.1, -0.05) is 30.3 Å². The average molecular weight is 250 g/mol. The molecule has 0 aliphatic heterocycles. The molecule has 18 heavy (non-hydrogen) atoms. The van der Waals surface area contributed by atoms with E-state index in [0.29, 0.717) is 6.42 Å². The summed E-state index contributed by atoms with van der Waals surface area (Å²) in [6.07, 6.45) is 2.06. The van der Waals surface area contributed by atoms with Crippen molar-refractivity contribution in [1.29, 1.82) is 0 Å². The summed E-state index contributed by atoms with van der Waals surface area (Å²) >= 11 is 0. The van der Waals surface area contributed by atoms with E-state index in [-0.39, 0.29) is 24.6 Å². The van der Waals surface area contributed by atoms with Gasteiger partial charge in [0.2, 0.25) is 5.91 Å². The molecule has 0 bridgehead atoms. The van der Waals surface area contributed by atoms with Crippen LogP contribution in [0.1, 0.15) is 37.8 Å². The van der Waals surface area contributed by atoms with Gasteiger partial charge in [-0.3, -0.25) is 4.79 Å². The van der Waals surface area contributed by atoms with Crippen LogP contribution in [0.2, 0.25) is 0 Å². The van der Waals surface area contributed by atoms with E-state index in [0.717, 1.165) is 18.4 Å². The number of nitrogens with one attached hydrogen (secondary N) is 1. The minimum Gasteiger partial charge on any atom is -0.394 e. The lowest BCUT2D eigenvalue weighted by Crippen LogP contribution is -2.30. The number of hydrogen-bond acceptors (Lipinski definition) is 3. The van der Waals surface area contributed by atoms with Gasteiger partial charge in [0.15, 0.2) is 0 Å². The third kappa shape index (κ3) is 5.29. The molecule has 0 saturated carbocycles. The smallest absolute Gasteiger partial charge is 0.220 e. The molecule has 0 aliphatic rings. The number of aliphatic hydroxyl groups is 1. The number of hydrogen-bond donors (Lipinski definition) is 3. The molecule has 1 aromatic carbocycles. The predicted octanol–water partition coefficient (Wildman–Crippen LogP) is 1.35. The second-order valence-corrected chi connectivity index (χ2v) is 4.58. The van der Waals surface area contributed by atoms with Crippen molar-refractivity contribution >= 4 is 5.91 Å². The van der Waals surface area contributed by atoms with Crippen LogP contribution in [-0.4, -0.2) is 23.7 Å². The highest BCUT2D eigenvalue weighted by atomic mass is 16.3. The van der Waals surface area contributed by atoms with Crippen LogP contribution in [-0.2, 0) is 4.79 Å². The molecule has 0 saturated heterocycles. The van der Waals surface area contributed by atoms with E-state index in [1.54, 1.807) is 0 Å². The Balaban J connectivity index is 2.41. The first kappa shape index (κ1) is 14.7. The first-order valence-electron chi connectivity index (χ1n) is 6.34. The van der Waals surface area contributed by atoms with Crippen LogP contribution in [0.3, 0.4) is 0 Å². The maximum Gasteiger partial charge on any atom is 0.220 e. The van der Waals surface area contributed by atoms with Gasteiger partial charge in [-0.2, -0.15) is 0 Å². The normalized spacial score (nSPS) is 13.9. The molecule has 1 rings (SSSR count). The van der Waals surface area contributed by atoms with Crippen LogP contribution in [0.4, 0.5) is 0 Å². The Morgan fingerprint density at radius 1 is 1.39 bits per heavy atom. The zero-order valence-electron chi connectivity index (χ0n) is 10.8. The Morgan fingerprint density at radius 3 is 2.61 bits per heavy atom. The highest BCUT2D eigenvalue weighted by Gasteiger charge is 2.12. The molecule has 1 amide bonds. The molecule has 2 atom stereocenters. The number of benzene rings is 1.